The summed E-state index contributed by atoms with van der Waals surface area (Å²) in [5.74, 6) is 0.243. The van der Waals surface area contributed by atoms with Crippen molar-refractivity contribution in [3.63, 3.8) is 0 Å². The van der Waals surface area contributed by atoms with Gasteiger partial charge in [-0.3, -0.25) is 4.79 Å². The predicted molar refractivity (Wildman–Crippen MR) is 71.8 cm³/mol. The zero-order valence-electron chi connectivity index (χ0n) is 10.9. The number of halogens is 1. The smallest absolute Gasteiger partial charge is 0.236 e. The molecule has 0 aliphatic heterocycles. The number of carbonyl (C=O) groups is 1. The monoisotopic (exact) mass is 289 g/mol. The normalized spacial score (nSPS) is 22.8. The fourth-order valence-corrected chi connectivity index (χ4v) is 2.67. The number of rotatable bonds is 3. The Morgan fingerprint density at radius 3 is 2.38 bits per heavy atom. The molecule has 1 aliphatic rings. The van der Waals surface area contributed by atoms with Crippen LogP contribution in [0.15, 0.2) is 0 Å². The van der Waals surface area contributed by atoms with Crippen LogP contribution in [0, 0.1) is 5.41 Å². The molecule has 16 heavy (non-hydrogen) atoms. The summed E-state index contributed by atoms with van der Waals surface area (Å²) >= 11 is 3.44. The minimum atomic E-state index is -0.00700. The van der Waals surface area contributed by atoms with Crippen LogP contribution >= 0.6 is 15.9 Å². The van der Waals surface area contributed by atoms with Crippen LogP contribution in [0.3, 0.4) is 0 Å². The van der Waals surface area contributed by atoms with Crippen LogP contribution in [0.5, 0.6) is 0 Å². The second kappa shape index (κ2) is 5.52. The molecular weight excluding hydrogens is 266 g/mol. The zero-order chi connectivity index (χ0) is 12.3. The van der Waals surface area contributed by atoms with Gasteiger partial charge in [-0.25, -0.2) is 0 Å². The summed E-state index contributed by atoms with van der Waals surface area (Å²) in [6, 6.07) is 0.451. The molecule has 1 saturated carbocycles. The van der Waals surface area contributed by atoms with Crippen LogP contribution < -0.4 is 0 Å². The minimum Gasteiger partial charge on any atom is -0.342 e. The van der Waals surface area contributed by atoms with Crippen LogP contribution in [0.25, 0.3) is 0 Å². The van der Waals surface area contributed by atoms with E-state index in [4.69, 9.17) is 0 Å². The van der Waals surface area contributed by atoms with E-state index in [0.717, 1.165) is 19.3 Å². The lowest BCUT2D eigenvalue weighted by molar-refractivity contribution is -0.132. The lowest BCUT2D eigenvalue weighted by atomic mass is 9.75. The second-order valence-electron chi connectivity index (χ2n) is 5.72. The Morgan fingerprint density at radius 2 is 1.94 bits per heavy atom. The van der Waals surface area contributed by atoms with Crippen molar-refractivity contribution in [2.75, 3.05) is 7.05 Å². The van der Waals surface area contributed by atoms with Gasteiger partial charge in [0.1, 0.15) is 0 Å². The van der Waals surface area contributed by atoms with Gasteiger partial charge in [0.05, 0.1) is 4.83 Å². The molecule has 1 fully saturated rings. The summed E-state index contributed by atoms with van der Waals surface area (Å²) in [6.45, 7) is 6.68. The van der Waals surface area contributed by atoms with Crippen LogP contribution in [0.1, 0.15) is 52.9 Å². The number of alkyl halides is 1. The topological polar surface area (TPSA) is 20.3 Å². The highest BCUT2D eigenvalue weighted by Crippen LogP contribution is 2.36. The van der Waals surface area contributed by atoms with Gasteiger partial charge < -0.3 is 4.90 Å². The van der Waals surface area contributed by atoms with Crippen molar-refractivity contribution < 1.29 is 4.79 Å². The van der Waals surface area contributed by atoms with Crippen LogP contribution in [-0.4, -0.2) is 28.7 Å². The van der Waals surface area contributed by atoms with Crippen LogP contribution in [0.4, 0.5) is 0 Å². The first-order chi connectivity index (χ1) is 7.37. The van der Waals surface area contributed by atoms with Gasteiger partial charge in [-0.05, 0) is 37.5 Å². The van der Waals surface area contributed by atoms with Crippen LogP contribution in [-0.2, 0) is 4.79 Å². The number of hydrogen-bond acceptors (Lipinski definition) is 1. The second-order valence-corrected chi connectivity index (χ2v) is 6.83. The molecule has 1 aliphatic carbocycles. The van der Waals surface area contributed by atoms with E-state index in [2.05, 4.69) is 29.8 Å². The largest absolute Gasteiger partial charge is 0.342 e. The maximum absolute atomic E-state index is 12.0. The van der Waals surface area contributed by atoms with E-state index in [1.54, 1.807) is 0 Å². The predicted octanol–water partition coefficient (Wildman–Crippen LogP) is 3.59. The van der Waals surface area contributed by atoms with Gasteiger partial charge in [-0.1, -0.05) is 36.7 Å². The highest BCUT2D eigenvalue weighted by Gasteiger charge is 2.31. The lowest BCUT2D eigenvalue weighted by Gasteiger charge is -2.39. The zero-order valence-corrected chi connectivity index (χ0v) is 12.5. The summed E-state index contributed by atoms with van der Waals surface area (Å²) < 4.78 is 0. The van der Waals surface area contributed by atoms with E-state index in [9.17, 15) is 4.79 Å². The molecule has 0 bridgehead atoms. The highest BCUT2D eigenvalue weighted by atomic mass is 79.9. The molecule has 3 heteroatoms. The third-order valence-electron chi connectivity index (χ3n) is 3.83. The summed E-state index contributed by atoms with van der Waals surface area (Å²) in [5.41, 5.74) is 0.471. The van der Waals surface area contributed by atoms with Crippen molar-refractivity contribution >= 4 is 21.8 Å². The van der Waals surface area contributed by atoms with E-state index in [-0.39, 0.29) is 10.7 Å². The molecule has 0 saturated heterocycles. The van der Waals surface area contributed by atoms with E-state index in [1.807, 2.05) is 18.9 Å². The van der Waals surface area contributed by atoms with Crippen LogP contribution in [0.2, 0.25) is 0 Å². The number of hydrogen-bond donors (Lipinski definition) is 0. The van der Waals surface area contributed by atoms with Crippen molar-refractivity contribution in [3.05, 3.63) is 0 Å². The van der Waals surface area contributed by atoms with E-state index in [1.165, 1.54) is 12.8 Å². The van der Waals surface area contributed by atoms with Gasteiger partial charge in [0.25, 0.3) is 0 Å². The molecule has 0 N–H and O–H groups in total. The third-order valence-corrected chi connectivity index (χ3v) is 4.87. The van der Waals surface area contributed by atoms with Gasteiger partial charge in [0, 0.05) is 13.1 Å². The molecule has 0 aromatic carbocycles. The van der Waals surface area contributed by atoms with Gasteiger partial charge in [-0.15, -0.1) is 0 Å². The Bertz CT molecular complexity index is 242. The van der Waals surface area contributed by atoms with E-state index >= 15 is 0 Å². The molecule has 0 aromatic rings. The summed E-state index contributed by atoms with van der Waals surface area (Å²) in [7, 11) is 1.95. The Hall–Kier alpha value is -0.0500. The van der Waals surface area contributed by atoms with Crippen molar-refractivity contribution in [1.82, 2.24) is 4.90 Å². The number of carbonyl (C=O) groups excluding carboxylic acids is 1. The van der Waals surface area contributed by atoms with Gasteiger partial charge >= 0.3 is 0 Å². The van der Waals surface area contributed by atoms with Crippen molar-refractivity contribution in [3.8, 4) is 0 Å². The summed E-state index contributed by atoms with van der Waals surface area (Å²) in [6.07, 6.45) is 5.63. The van der Waals surface area contributed by atoms with Gasteiger partial charge in [-0.2, -0.15) is 0 Å². The molecule has 1 atom stereocenters. The van der Waals surface area contributed by atoms with Crippen molar-refractivity contribution in [2.24, 2.45) is 5.41 Å². The fraction of sp³-hybridized carbons (Fsp3) is 0.923. The molecule has 1 unspecified atom stereocenters. The standard InChI is InChI=1S/C13H24BrNO/c1-5-11(14)12(16)15(4)10-6-8-13(2,3)9-7-10/h10-11H,5-9H2,1-4H3. The molecule has 0 spiro atoms. The first kappa shape index (κ1) is 14.0. The molecule has 0 radical (unpaired) electrons. The molecule has 0 heterocycles. The van der Waals surface area contributed by atoms with E-state index < -0.39 is 0 Å². The van der Waals surface area contributed by atoms with E-state index in [0.29, 0.717) is 11.5 Å². The average molecular weight is 290 g/mol. The Labute approximate surface area is 108 Å². The fourth-order valence-electron chi connectivity index (χ4n) is 2.35. The van der Waals surface area contributed by atoms with Crippen molar-refractivity contribution in [2.45, 2.75) is 63.7 Å². The first-order valence-corrected chi connectivity index (χ1v) is 7.19. The minimum absolute atomic E-state index is 0.00700. The molecular formula is C13H24BrNO. The molecule has 1 rings (SSSR count). The van der Waals surface area contributed by atoms with Gasteiger partial charge in [0.2, 0.25) is 5.91 Å². The van der Waals surface area contributed by atoms with Gasteiger partial charge in [0.15, 0.2) is 0 Å². The third kappa shape index (κ3) is 3.47. The number of amides is 1. The summed E-state index contributed by atoms with van der Waals surface area (Å²) in [5, 5.41) is 0. The molecule has 2 nitrogen and oxygen atoms in total. The lowest BCUT2D eigenvalue weighted by Crippen LogP contribution is -2.43. The maximum Gasteiger partial charge on any atom is 0.236 e. The quantitative estimate of drug-likeness (QED) is 0.727. The first-order valence-electron chi connectivity index (χ1n) is 6.28. The Morgan fingerprint density at radius 1 is 1.44 bits per heavy atom. The highest BCUT2D eigenvalue weighted by molar-refractivity contribution is 9.10. The number of nitrogens with zero attached hydrogens (tertiary/aromatic N) is 1. The SMILES string of the molecule is CCC(Br)C(=O)N(C)C1CCC(C)(C)CC1. The van der Waals surface area contributed by atoms with Crippen molar-refractivity contribution in [1.29, 1.82) is 0 Å². The maximum atomic E-state index is 12.0. The Balaban J connectivity index is 2.50. The average Bonchev–Trinajstić information content (AvgIpc) is 2.26. The molecule has 1 amide bonds. The Kier molecular flexibility index (Phi) is 4.84. The molecule has 0 aromatic heterocycles. The molecule has 94 valence electrons. The summed E-state index contributed by atoms with van der Waals surface area (Å²) in [4.78, 5) is 14.0.